The van der Waals surface area contributed by atoms with E-state index in [0.717, 1.165) is 0 Å². The molecule has 0 bridgehead atoms. The van der Waals surface area contributed by atoms with E-state index in [1.165, 1.54) is 24.3 Å². The maximum absolute atomic E-state index is 12.1. The number of carboxylic acids is 1. The molecule has 0 atom stereocenters. The smallest absolute Gasteiger partial charge is 0.389 e. The number of aliphatic carboxylic acids is 1. The SMILES string of the molecule is O=C(O)CCNC(=O)Nc1ccc(CCC(F)(F)F)cc1. The summed E-state index contributed by atoms with van der Waals surface area (Å²) in [5.41, 5.74) is 0.933. The molecule has 5 nitrogen and oxygen atoms in total. The van der Waals surface area contributed by atoms with Crippen LogP contribution in [0.4, 0.5) is 23.7 Å². The lowest BCUT2D eigenvalue weighted by atomic mass is 10.1. The Bertz CT molecular complexity index is 486. The molecule has 0 spiro atoms. The second-order valence-electron chi connectivity index (χ2n) is 4.34. The Balaban J connectivity index is 2.40. The van der Waals surface area contributed by atoms with Gasteiger partial charge in [-0.1, -0.05) is 12.1 Å². The Morgan fingerprint density at radius 1 is 1.14 bits per heavy atom. The predicted octanol–water partition coefficient (Wildman–Crippen LogP) is 2.78. The van der Waals surface area contributed by atoms with Crippen LogP contribution in [0.15, 0.2) is 24.3 Å². The van der Waals surface area contributed by atoms with Crippen LogP contribution in [0.1, 0.15) is 18.4 Å². The third-order valence-electron chi connectivity index (χ3n) is 2.53. The normalized spacial score (nSPS) is 11.0. The summed E-state index contributed by atoms with van der Waals surface area (Å²) in [6.07, 6.45) is -5.39. The molecule has 1 aromatic rings. The number of carbonyl (C=O) groups is 2. The first-order chi connectivity index (χ1) is 9.76. The number of rotatable bonds is 6. The van der Waals surface area contributed by atoms with E-state index in [9.17, 15) is 22.8 Å². The Morgan fingerprint density at radius 2 is 1.76 bits per heavy atom. The highest BCUT2D eigenvalue weighted by molar-refractivity contribution is 5.89. The summed E-state index contributed by atoms with van der Waals surface area (Å²) in [6, 6.07) is 5.40. The van der Waals surface area contributed by atoms with E-state index in [2.05, 4.69) is 10.6 Å². The highest BCUT2D eigenvalue weighted by Gasteiger charge is 2.26. The van der Waals surface area contributed by atoms with Gasteiger partial charge in [0.05, 0.1) is 6.42 Å². The van der Waals surface area contributed by atoms with Gasteiger partial charge in [0.15, 0.2) is 0 Å². The first-order valence-corrected chi connectivity index (χ1v) is 6.18. The standard InChI is InChI=1S/C13H15F3N2O3/c14-13(15,16)7-5-9-1-3-10(4-2-9)18-12(21)17-8-6-11(19)20/h1-4H,5-8H2,(H,19,20)(H2,17,18,21). The van der Waals surface area contributed by atoms with Crippen LogP contribution in [-0.2, 0) is 11.2 Å². The summed E-state index contributed by atoms with van der Waals surface area (Å²) in [5.74, 6) is -1.02. The number of nitrogens with one attached hydrogen (secondary N) is 2. The summed E-state index contributed by atoms with van der Waals surface area (Å²) >= 11 is 0. The van der Waals surface area contributed by atoms with Crippen molar-refractivity contribution in [1.82, 2.24) is 5.32 Å². The van der Waals surface area contributed by atoms with Gasteiger partial charge < -0.3 is 15.7 Å². The zero-order chi connectivity index (χ0) is 15.9. The zero-order valence-electron chi connectivity index (χ0n) is 11.0. The molecule has 0 saturated heterocycles. The monoisotopic (exact) mass is 304 g/mol. The topological polar surface area (TPSA) is 78.4 Å². The molecule has 0 radical (unpaired) electrons. The average molecular weight is 304 g/mol. The van der Waals surface area contributed by atoms with Crippen molar-refractivity contribution in [2.75, 3.05) is 11.9 Å². The molecule has 8 heteroatoms. The lowest BCUT2D eigenvalue weighted by Crippen LogP contribution is -2.30. The van der Waals surface area contributed by atoms with E-state index in [4.69, 9.17) is 5.11 Å². The second kappa shape index (κ2) is 7.51. The summed E-state index contributed by atoms with van der Waals surface area (Å²) in [7, 11) is 0. The van der Waals surface area contributed by atoms with Gasteiger partial charge in [0.25, 0.3) is 0 Å². The fraction of sp³-hybridized carbons (Fsp3) is 0.385. The van der Waals surface area contributed by atoms with Gasteiger partial charge in [0, 0.05) is 18.7 Å². The quantitative estimate of drug-likeness (QED) is 0.756. The van der Waals surface area contributed by atoms with Crippen LogP contribution < -0.4 is 10.6 Å². The van der Waals surface area contributed by atoms with Crippen molar-refractivity contribution < 1.29 is 27.9 Å². The van der Waals surface area contributed by atoms with E-state index in [-0.39, 0.29) is 19.4 Å². The van der Waals surface area contributed by atoms with Gasteiger partial charge in [-0.05, 0) is 24.1 Å². The first-order valence-electron chi connectivity index (χ1n) is 6.18. The Hall–Kier alpha value is -2.25. The molecule has 2 amide bonds. The Kier molecular flexibility index (Phi) is 6.01. The summed E-state index contributed by atoms with van der Waals surface area (Å²) in [4.78, 5) is 21.6. The maximum Gasteiger partial charge on any atom is 0.389 e. The summed E-state index contributed by atoms with van der Waals surface area (Å²) < 4.78 is 36.2. The molecule has 1 rings (SSSR count). The number of carbonyl (C=O) groups excluding carboxylic acids is 1. The van der Waals surface area contributed by atoms with Crippen LogP contribution in [0.5, 0.6) is 0 Å². The molecule has 0 aliphatic heterocycles. The molecular formula is C13H15F3N2O3. The van der Waals surface area contributed by atoms with E-state index < -0.39 is 24.6 Å². The Labute approximate surface area is 119 Å². The predicted molar refractivity (Wildman–Crippen MR) is 70.1 cm³/mol. The molecule has 0 unspecified atom stereocenters. The van der Waals surface area contributed by atoms with Crippen molar-refractivity contribution in [3.63, 3.8) is 0 Å². The molecule has 0 aromatic heterocycles. The van der Waals surface area contributed by atoms with Crippen LogP contribution in [0, 0.1) is 0 Å². The number of hydrogen-bond acceptors (Lipinski definition) is 2. The largest absolute Gasteiger partial charge is 0.481 e. The molecule has 0 fully saturated rings. The lowest BCUT2D eigenvalue weighted by Gasteiger charge is -2.08. The summed E-state index contributed by atoms with van der Waals surface area (Å²) in [6.45, 7) is -0.00909. The Morgan fingerprint density at radius 3 is 2.29 bits per heavy atom. The molecule has 0 aliphatic carbocycles. The van der Waals surface area contributed by atoms with Crippen LogP contribution in [0.3, 0.4) is 0 Å². The third kappa shape index (κ3) is 7.81. The van der Waals surface area contributed by atoms with Crippen LogP contribution in [0.2, 0.25) is 0 Å². The van der Waals surface area contributed by atoms with Crippen molar-refractivity contribution >= 4 is 17.7 Å². The van der Waals surface area contributed by atoms with Gasteiger partial charge >= 0.3 is 18.2 Å². The second-order valence-corrected chi connectivity index (χ2v) is 4.34. The number of carboxylic acid groups (broad SMARTS) is 1. The molecule has 0 heterocycles. The third-order valence-corrected chi connectivity index (χ3v) is 2.53. The van der Waals surface area contributed by atoms with Crippen molar-refractivity contribution in [2.45, 2.75) is 25.4 Å². The maximum atomic E-state index is 12.1. The molecule has 1 aromatic carbocycles. The van der Waals surface area contributed by atoms with Crippen LogP contribution >= 0.6 is 0 Å². The number of amides is 2. The fourth-order valence-electron chi connectivity index (χ4n) is 1.50. The van der Waals surface area contributed by atoms with E-state index in [0.29, 0.717) is 11.3 Å². The van der Waals surface area contributed by atoms with Gasteiger partial charge in [-0.15, -0.1) is 0 Å². The first kappa shape index (κ1) is 16.8. The average Bonchev–Trinajstić information content (AvgIpc) is 2.36. The number of alkyl halides is 3. The summed E-state index contributed by atoms with van der Waals surface area (Å²) in [5, 5.41) is 13.2. The highest BCUT2D eigenvalue weighted by Crippen LogP contribution is 2.22. The van der Waals surface area contributed by atoms with E-state index >= 15 is 0 Å². The molecule has 116 valence electrons. The van der Waals surface area contributed by atoms with Crippen LogP contribution in [-0.4, -0.2) is 29.8 Å². The minimum absolute atomic E-state index is 0.00909. The molecule has 0 saturated carbocycles. The lowest BCUT2D eigenvalue weighted by molar-refractivity contribution is -0.137. The molecule has 3 N–H and O–H groups in total. The number of anilines is 1. The highest BCUT2D eigenvalue weighted by atomic mass is 19.4. The number of hydrogen-bond donors (Lipinski definition) is 3. The van der Waals surface area contributed by atoms with E-state index in [1.54, 1.807) is 0 Å². The number of aryl methyl sites for hydroxylation is 1. The van der Waals surface area contributed by atoms with Crippen LogP contribution in [0.25, 0.3) is 0 Å². The molecular weight excluding hydrogens is 289 g/mol. The van der Waals surface area contributed by atoms with Gasteiger partial charge in [0.2, 0.25) is 0 Å². The molecule has 21 heavy (non-hydrogen) atoms. The molecule has 0 aliphatic rings. The van der Waals surface area contributed by atoms with Gasteiger partial charge in [-0.3, -0.25) is 4.79 Å². The van der Waals surface area contributed by atoms with Crippen molar-refractivity contribution in [3.8, 4) is 0 Å². The van der Waals surface area contributed by atoms with Crippen molar-refractivity contribution in [1.29, 1.82) is 0 Å². The zero-order valence-corrected chi connectivity index (χ0v) is 11.0. The number of benzene rings is 1. The van der Waals surface area contributed by atoms with Gasteiger partial charge in [0.1, 0.15) is 0 Å². The minimum Gasteiger partial charge on any atom is -0.481 e. The van der Waals surface area contributed by atoms with Crippen molar-refractivity contribution in [2.24, 2.45) is 0 Å². The van der Waals surface area contributed by atoms with Gasteiger partial charge in [-0.2, -0.15) is 13.2 Å². The fourth-order valence-corrected chi connectivity index (χ4v) is 1.50. The van der Waals surface area contributed by atoms with E-state index in [1.807, 2.05) is 0 Å². The van der Waals surface area contributed by atoms with Crippen molar-refractivity contribution in [3.05, 3.63) is 29.8 Å². The number of urea groups is 1. The minimum atomic E-state index is -4.19. The number of halogens is 3. The van der Waals surface area contributed by atoms with Gasteiger partial charge in [-0.25, -0.2) is 4.79 Å².